The van der Waals surface area contributed by atoms with Gasteiger partial charge in [0.05, 0.1) is 16.9 Å². The van der Waals surface area contributed by atoms with Crippen LogP contribution in [0.4, 0.5) is 0 Å². The second-order valence-corrected chi connectivity index (χ2v) is 7.25. The molecule has 3 aliphatic heterocycles. The predicted octanol–water partition coefficient (Wildman–Crippen LogP) is -0.0620. The van der Waals surface area contributed by atoms with Crippen LogP contribution in [0.1, 0.15) is 20.3 Å². The quantitative estimate of drug-likeness (QED) is 0.414. The maximum absolute atomic E-state index is 12.3. The van der Waals surface area contributed by atoms with E-state index in [0.717, 1.165) is 5.57 Å². The molecule has 5 rings (SSSR count). The number of hydrogen-bond donors (Lipinski definition) is 1. The first-order valence-corrected chi connectivity index (χ1v) is 7.26. The summed E-state index contributed by atoms with van der Waals surface area (Å²) >= 11 is 0. The summed E-state index contributed by atoms with van der Waals surface area (Å²) < 4.78 is 16.6. The van der Waals surface area contributed by atoms with Crippen LogP contribution >= 0.6 is 0 Å². The second kappa shape index (κ2) is 2.90. The van der Waals surface area contributed by atoms with E-state index < -0.39 is 46.7 Å². The maximum atomic E-state index is 12.3. The maximum Gasteiger partial charge on any atom is 0.342 e. The van der Waals surface area contributed by atoms with Crippen molar-refractivity contribution in [1.29, 1.82) is 0 Å². The number of rotatable bonds is 1. The van der Waals surface area contributed by atoms with Gasteiger partial charge in [0.25, 0.3) is 0 Å². The zero-order valence-electron chi connectivity index (χ0n) is 11.8. The molecule has 6 heteroatoms. The Hall–Kier alpha value is -1.40. The van der Waals surface area contributed by atoms with Crippen LogP contribution in [0.25, 0.3) is 0 Å². The van der Waals surface area contributed by atoms with Crippen molar-refractivity contribution in [2.75, 3.05) is 0 Å². The molecule has 0 aromatic rings. The van der Waals surface area contributed by atoms with Gasteiger partial charge in [-0.25, -0.2) is 4.79 Å². The zero-order valence-corrected chi connectivity index (χ0v) is 11.8. The number of fused-ring (bicyclic) bond motifs is 4. The molecule has 0 amide bonds. The molecular weight excluding hydrogens is 276 g/mol. The van der Waals surface area contributed by atoms with Gasteiger partial charge in [-0.15, -0.1) is 0 Å². The first-order chi connectivity index (χ1) is 9.79. The van der Waals surface area contributed by atoms with Crippen LogP contribution in [-0.4, -0.2) is 46.6 Å². The molecule has 112 valence electrons. The Morgan fingerprint density at radius 1 is 1.38 bits per heavy atom. The SMILES string of the molecule is C=C(C)[C@@H]1C2OC(=O)C1[C@]1(O)C[C@H]3O[C@]34C(=O)O[C@H]2[C@]14C. The van der Waals surface area contributed by atoms with Gasteiger partial charge in [-0.1, -0.05) is 12.2 Å². The van der Waals surface area contributed by atoms with Gasteiger partial charge >= 0.3 is 11.9 Å². The predicted molar refractivity (Wildman–Crippen MR) is 66.8 cm³/mol. The number of ether oxygens (including phenoxy) is 3. The van der Waals surface area contributed by atoms with Crippen molar-refractivity contribution in [3.05, 3.63) is 12.2 Å². The average molecular weight is 292 g/mol. The van der Waals surface area contributed by atoms with Crippen LogP contribution in [0.2, 0.25) is 0 Å². The number of aliphatic hydroxyl groups is 1. The molecule has 0 aromatic carbocycles. The van der Waals surface area contributed by atoms with E-state index in [1.807, 2.05) is 6.92 Å². The normalized spacial score (nSPS) is 62.0. The van der Waals surface area contributed by atoms with Gasteiger partial charge in [0.15, 0.2) is 6.10 Å². The summed E-state index contributed by atoms with van der Waals surface area (Å²) in [7, 11) is 0. The van der Waals surface area contributed by atoms with E-state index in [1.165, 1.54) is 0 Å². The fourth-order valence-electron chi connectivity index (χ4n) is 5.59. The van der Waals surface area contributed by atoms with E-state index in [-0.39, 0.29) is 18.4 Å². The van der Waals surface area contributed by atoms with E-state index in [2.05, 4.69) is 6.58 Å². The highest BCUT2D eigenvalue weighted by Gasteiger charge is 2.95. The highest BCUT2D eigenvalue weighted by atomic mass is 16.7. The third kappa shape index (κ3) is 0.874. The van der Waals surface area contributed by atoms with Crippen molar-refractivity contribution in [2.45, 2.75) is 49.8 Å². The Bertz CT molecular complexity index is 642. The van der Waals surface area contributed by atoms with E-state index in [1.54, 1.807) is 6.92 Å². The molecular formula is C15H16O6. The molecule has 0 radical (unpaired) electrons. The van der Waals surface area contributed by atoms with Crippen LogP contribution in [0.5, 0.6) is 0 Å². The molecule has 2 unspecified atom stereocenters. The lowest BCUT2D eigenvalue weighted by molar-refractivity contribution is -0.195. The largest absolute Gasteiger partial charge is 0.457 e. The summed E-state index contributed by atoms with van der Waals surface area (Å²) in [5, 5.41) is 11.4. The van der Waals surface area contributed by atoms with Crippen LogP contribution in [-0.2, 0) is 23.8 Å². The number of carbonyl (C=O) groups excluding carboxylic acids is 2. The molecule has 2 saturated carbocycles. The molecule has 1 spiro atoms. The minimum Gasteiger partial charge on any atom is -0.457 e. The Morgan fingerprint density at radius 2 is 2.10 bits per heavy atom. The Balaban J connectivity index is 1.78. The van der Waals surface area contributed by atoms with E-state index in [0.29, 0.717) is 0 Å². The van der Waals surface area contributed by atoms with Crippen molar-refractivity contribution in [1.82, 2.24) is 0 Å². The summed E-state index contributed by atoms with van der Waals surface area (Å²) in [5.74, 6) is -1.86. The van der Waals surface area contributed by atoms with Gasteiger partial charge in [-0.3, -0.25) is 4.79 Å². The fourth-order valence-corrected chi connectivity index (χ4v) is 5.59. The minimum atomic E-state index is -1.35. The molecule has 5 fully saturated rings. The third-order valence-electron chi connectivity index (χ3n) is 6.60. The summed E-state index contributed by atoms with van der Waals surface area (Å²) in [6.07, 6.45) is -1.34. The molecule has 5 aliphatic rings. The van der Waals surface area contributed by atoms with Crippen LogP contribution in [0, 0.1) is 17.3 Å². The smallest absolute Gasteiger partial charge is 0.342 e. The van der Waals surface area contributed by atoms with Crippen molar-refractivity contribution < 1.29 is 28.9 Å². The Kier molecular flexibility index (Phi) is 1.68. The number of epoxide rings is 1. The summed E-state index contributed by atoms with van der Waals surface area (Å²) in [6.45, 7) is 7.55. The van der Waals surface area contributed by atoms with Crippen molar-refractivity contribution in [3.63, 3.8) is 0 Å². The summed E-state index contributed by atoms with van der Waals surface area (Å²) in [4.78, 5) is 24.7. The molecule has 2 bridgehead atoms. The topological polar surface area (TPSA) is 85.4 Å². The molecule has 1 N–H and O–H groups in total. The van der Waals surface area contributed by atoms with Crippen LogP contribution in [0.3, 0.4) is 0 Å². The van der Waals surface area contributed by atoms with Gasteiger partial charge in [0.2, 0.25) is 5.60 Å². The highest BCUT2D eigenvalue weighted by molar-refractivity contribution is 5.91. The van der Waals surface area contributed by atoms with Crippen molar-refractivity contribution in [3.8, 4) is 0 Å². The molecule has 8 atom stereocenters. The van der Waals surface area contributed by atoms with Crippen LogP contribution < -0.4 is 0 Å². The molecule has 6 nitrogen and oxygen atoms in total. The first-order valence-electron chi connectivity index (χ1n) is 7.26. The van der Waals surface area contributed by atoms with Gasteiger partial charge in [-0.2, -0.15) is 0 Å². The number of carbonyl (C=O) groups is 2. The molecule has 2 aliphatic carbocycles. The first kappa shape index (κ1) is 12.2. The third-order valence-corrected chi connectivity index (χ3v) is 6.60. The second-order valence-electron chi connectivity index (χ2n) is 7.25. The van der Waals surface area contributed by atoms with Crippen molar-refractivity contribution in [2.24, 2.45) is 17.3 Å². The molecule has 21 heavy (non-hydrogen) atoms. The van der Waals surface area contributed by atoms with Gasteiger partial charge < -0.3 is 19.3 Å². The minimum absolute atomic E-state index is 0.269. The Morgan fingerprint density at radius 3 is 2.76 bits per heavy atom. The van der Waals surface area contributed by atoms with E-state index >= 15 is 0 Å². The molecule has 0 aromatic heterocycles. The summed E-state index contributed by atoms with van der Waals surface area (Å²) in [5.41, 5.74) is -2.60. The van der Waals surface area contributed by atoms with Crippen molar-refractivity contribution >= 4 is 11.9 Å². The van der Waals surface area contributed by atoms with Gasteiger partial charge in [-0.05, 0) is 13.8 Å². The standard InChI is InChI=1S/C15H16O6/c1-5(2)7-8-11(16)19-9(7)10-13(3)14(8,18)4-6-15(13,21-6)12(17)20-10/h6-10,18H,1,4H2,2-3H3/t6-,7+,8?,9?,10-,13-,14-,15+/m1/s1. The number of esters is 2. The fraction of sp³-hybridized carbons (Fsp3) is 0.733. The number of hydrogen-bond acceptors (Lipinski definition) is 6. The lowest BCUT2D eigenvalue weighted by Crippen LogP contribution is -2.66. The van der Waals surface area contributed by atoms with Gasteiger partial charge in [0, 0.05) is 12.3 Å². The average Bonchev–Trinajstić information content (AvgIpc) is 2.86. The monoisotopic (exact) mass is 292 g/mol. The van der Waals surface area contributed by atoms with Gasteiger partial charge in [0.1, 0.15) is 12.2 Å². The molecule has 3 saturated heterocycles. The van der Waals surface area contributed by atoms with Crippen LogP contribution in [0.15, 0.2) is 12.2 Å². The lowest BCUT2D eigenvalue weighted by Gasteiger charge is -2.51. The molecule has 3 heterocycles. The van der Waals surface area contributed by atoms with E-state index in [4.69, 9.17) is 14.2 Å². The lowest BCUT2D eigenvalue weighted by atomic mass is 9.53. The van der Waals surface area contributed by atoms with E-state index in [9.17, 15) is 14.7 Å². The zero-order chi connectivity index (χ0) is 14.9. The Labute approximate surface area is 121 Å². The summed E-state index contributed by atoms with van der Waals surface area (Å²) in [6, 6.07) is 0. The highest BCUT2D eigenvalue weighted by Crippen LogP contribution is 2.76.